The summed E-state index contributed by atoms with van der Waals surface area (Å²) < 4.78 is 17.2. The van der Waals surface area contributed by atoms with Gasteiger partial charge in [0.2, 0.25) is 0 Å². The van der Waals surface area contributed by atoms with Crippen LogP contribution in [-0.2, 0) is 28.6 Å². The summed E-state index contributed by atoms with van der Waals surface area (Å²) in [6.45, 7) is 4.39. The zero-order chi connectivity index (χ0) is 47.7. The Morgan fingerprint density at radius 2 is 0.815 bits per heavy atom. The van der Waals surface area contributed by atoms with Gasteiger partial charge >= 0.3 is 11.9 Å². The molecule has 2 unspecified atom stereocenters. The van der Waals surface area contributed by atoms with E-state index in [0.717, 1.165) is 109 Å². The molecule has 0 spiro atoms. The normalized spacial score (nSPS) is 13.8. The Balaban J connectivity index is 4.35. The smallest absolute Gasteiger partial charge is 0.306 e. The summed E-state index contributed by atoms with van der Waals surface area (Å²) in [4.78, 5) is 37.0. The van der Waals surface area contributed by atoms with Gasteiger partial charge in [-0.15, -0.1) is 0 Å². The van der Waals surface area contributed by atoms with Gasteiger partial charge in [-0.25, -0.2) is 0 Å². The molecule has 0 aliphatic heterocycles. The molecule has 0 aromatic heterocycles. The average molecular weight is 904 g/mol. The molecule has 0 saturated heterocycles. The molecule has 0 saturated carbocycles. The number of nitrogens with zero attached hydrogens (tertiary/aromatic N) is 1. The van der Waals surface area contributed by atoms with Crippen LogP contribution in [0.1, 0.15) is 181 Å². The summed E-state index contributed by atoms with van der Waals surface area (Å²) in [6.07, 6.45) is 64.0. The molecule has 0 fully saturated rings. The quantitative estimate of drug-likeness (QED) is 0.0260. The highest BCUT2D eigenvalue weighted by Gasteiger charge is 2.25. The van der Waals surface area contributed by atoms with Gasteiger partial charge in [0.1, 0.15) is 12.6 Å². The number of quaternary nitrogens is 1. The van der Waals surface area contributed by atoms with Crippen molar-refractivity contribution in [1.82, 2.24) is 0 Å². The zero-order valence-electron chi connectivity index (χ0n) is 41.9. The van der Waals surface area contributed by atoms with E-state index in [9.17, 15) is 19.5 Å². The lowest BCUT2D eigenvalue weighted by Crippen LogP contribution is -2.55. The zero-order valence-corrected chi connectivity index (χ0v) is 41.9. The third-order valence-corrected chi connectivity index (χ3v) is 10.7. The van der Waals surface area contributed by atoms with E-state index in [1.807, 2.05) is 0 Å². The number of rotatable bonds is 44. The molecule has 0 aliphatic carbocycles. The van der Waals surface area contributed by atoms with Crippen molar-refractivity contribution in [3.63, 3.8) is 0 Å². The van der Waals surface area contributed by atoms with Crippen molar-refractivity contribution < 1.29 is 38.2 Å². The lowest BCUT2D eigenvalue weighted by Gasteiger charge is -2.34. The van der Waals surface area contributed by atoms with Crippen molar-refractivity contribution in [3.05, 3.63) is 109 Å². The van der Waals surface area contributed by atoms with Crippen LogP contribution in [0.3, 0.4) is 0 Å². The van der Waals surface area contributed by atoms with E-state index in [2.05, 4.69) is 123 Å². The number of carboxylic acid groups (broad SMARTS) is 1. The summed E-state index contributed by atoms with van der Waals surface area (Å²) >= 11 is 0. The molecule has 0 heterocycles. The maximum absolute atomic E-state index is 12.8. The van der Waals surface area contributed by atoms with E-state index < -0.39 is 18.1 Å². The second-order valence-corrected chi connectivity index (χ2v) is 17.6. The highest BCUT2D eigenvalue weighted by atomic mass is 16.6. The first-order valence-corrected chi connectivity index (χ1v) is 25.4. The number of hydrogen-bond donors (Lipinski definition) is 0. The third-order valence-electron chi connectivity index (χ3n) is 10.7. The number of carboxylic acids is 1. The number of hydrogen-bond acceptors (Lipinski definition) is 7. The molecule has 0 aromatic carbocycles. The number of allylic oxidation sites excluding steroid dienone is 18. The van der Waals surface area contributed by atoms with Gasteiger partial charge in [-0.3, -0.25) is 9.59 Å². The van der Waals surface area contributed by atoms with Crippen LogP contribution in [0.2, 0.25) is 0 Å². The molecule has 368 valence electrons. The molecule has 0 radical (unpaired) electrons. The van der Waals surface area contributed by atoms with Crippen LogP contribution in [0.5, 0.6) is 0 Å². The molecule has 0 bridgehead atoms. The van der Waals surface area contributed by atoms with Crippen molar-refractivity contribution in [2.45, 2.75) is 193 Å². The van der Waals surface area contributed by atoms with Crippen molar-refractivity contribution in [3.8, 4) is 0 Å². The molecule has 8 nitrogen and oxygen atoms in total. The number of aliphatic carboxylic acids is 1. The molecule has 2 atom stereocenters. The highest BCUT2D eigenvalue weighted by molar-refractivity contribution is 5.70. The van der Waals surface area contributed by atoms with E-state index in [4.69, 9.17) is 14.2 Å². The minimum absolute atomic E-state index is 0.0206. The standard InChI is InChI=1S/C57H93NO7/c1-6-8-10-12-14-16-18-20-22-24-26-27-28-30-31-33-35-37-39-41-43-45-47-55(59)64-52-53(51-63-50-49-54(57(61)62)58(3,4)5)65-56(60)48-46-44-42-40-38-36-34-32-29-25-23-21-19-17-15-13-11-9-7-2/h8-11,14-17,20-23,26-27,30-31,35,37,53-54H,6-7,12-13,18-19,24-25,28-29,32-34,36,38-52H2,1-5H3/b10-8+,11-9+,16-14+,17-15+,22-20+,23-21+,27-26+,31-30+,37-35+. The number of carbonyl (C=O) groups excluding carboxylic acids is 3. The summed E-state index contributed by atoms with van der Waals surface area (Å²) in [5.41, 5.74) is 0. The van der Waals surface area contributed by atoms with Crippen molar-refractivity contribution in [1.29, 1.82) is 0 Å². The molecular weight excluding hydrogens is 811 g/mol. The third kappa shape index (κ3) is 45.0. The van der Waals surface area contributed by atoms with Gasteiger partial charge in [0.05, 0.1) is 40.3 Å². The van der Waals surface area contributed by atoms with Crippen LogP contribution in [0.4, 0.5) is 0 Å². The van der Waals surface area contributed by atoms with Gasteiger partial charge in [0, 0.05) is 19.3 Å². The maximum Gasteiger partial charge on any atom is 0.306 e. The summed E-state index contributed by atoms with van der Waals surface area (Å²) in [5, 5.41) is 11.7. The summed E-state index contributed by atoms with van der Waals surface area (Å²) in [7, 11) is 5.39. The lowest BCUT2D eigenvalue weighted by atomic mass is 10.1. The average Bonchev–Trinajstić information content (AvgIpc) is 3.27. The van der Waals surface area contributed by atoms with Crippen molar-refractivity contribution in [2.24, 2.45) is 0 Å². The Bertz CT molecular complexity index is 1420. The topological polar surface area (TPSA) is 102 Å². The summed E-state index contributed by atoms with van der Waals surface area (Å²) in [6, 6.07) is -0.739. The van der Waals surface area contributed by atoms with Crippen LogP contribution in [0.25, 0.3) is 0 Å². The van der Waals surface area contributed by atoms with Gasteiger partial charge in [-0.1, -0.05) is 175 Å². The number of unbranched alkanes of at least 4 members (excludes halogenated alkanes) is 12. The van der Waals surface area contributed by atoms with E-state index in [1.54, 1.807) is 21.1 Å². The molecule has 8 heteroatoms. The Kier molecular flexibility index (Phi) is 43.6. The Morgan fingerprint density at radius 3 is 1.22 bits per heavy atom. The first kappa shape index (κ1) is 61.0. The van der Waals surface area contributed by atoms with Gasteiger partial charge < -0.3 is 28.6 Å². The second kappa shape index (κ2) is 46.5. The predicted octanol–water partition coefficient (Wildman–Crippen LogP) is 13.5. The van der Waals surface area contributed by atoms with Crippen LogP contribution in [0, 0.1) is 0 Å². The molecule has 0 aliphatic rings. The molecule has 65 heavy (non-hydrogen) atoms. The lowest BCUT2D eigenvalue weighted by molar-refractivity contribution is -0.889. The number of carbonyl (C=O) groups is 3. The van der Waals surface area contributed by atoms with E-state index in [-0.39, 0.29) is 42.7 Å². The van der Waals surface area contributed by atoms with Crippen LogP contribution in [-0.4, -0.2) is 75.5 Å². The number of likely N-dealkylation sites (N-methyl/N-ethyl adjacent to an activating group) is 1. The van der Waals surface area contributed by atoms with Gasteiger partial charge in [0.25, 0.3) is 0 Å². The van der Waals surface area contributed by atoms with E-state index in [0.29, 0.717) is 12.8 Å². The minimum Gasteiger partial charge on any atom is -0.544 e. The fraction of sp³-hybridized carbons (Fsp3) is 0.632. The molecule has 0 N–H and O–H groups in total. The Morgan fingerprint density at radius 1 is 0.462 bits per heavy atom. The monoisotopic (exact) mass is 904 g/mol. The van der Waals surface area contributed by atoms with Crippen LogP contribution >= 0.6 is 0 Å². The minimum atomic E-state index is -1.13. The Hall–Kier alpha value is -4.01. The first-order valence-electron chi connectivity index (χ1n) is 25.4. The highest BCUT2D eigenvalue weighted by Crippen LogP contribution is 2.14. The van der Waals surface area contributed by atoms with Crippen molar-refractivity contribution in [2.75, 3.05) is 41.0 Å². The van der Waals surface area contributed by atoms with Gasteiger partial charge in [-0.2, -0.15) is 0 Å². The second-order valence-electron chi connectivity index (χ2n) is 17.6. The van der Waals surface area contributed by atoms with Crippen molar-refractivity contribution >= 4 is 17.9 Å². The number of esters is 2. The first-order chi connectivity index (χ1) is 31.6. The fourth-order valence-corrected chi connectivity index (χ4v) is 6.79. The van der Waals surface area contributed by atoms with E-state index in [1.165, 1.54) is 38.5 Å². The molecule has 0 rings (SSSR count). The van der Waals surface area contributed by atoms with Gasteiger partial charge in [-0.05, 0) is 96.3 Å². The van der Waals surface area contributed by atoms with Crippen LogP contribution in [0.15, 0.2) is 109 Å². The maximum atomic E-state index is 12.8. The Labute approximate surface area is 398 Å². The predicted molar refractivity (Wildman–Crippen MR) is 272 cm³/mol. The molecule has 0 amide bonds. The molecule has 0 aromatic rings. The fourth-order valence-electron chi connectivity index (χ4n) is 6.79. The number of ether oxygens (including phenoxy) is 3. The molecular formula is C57H93NO7. The van der Waals surface area contributed by atoms with Crippen LogP contribution < -0.4 is 5.11 Å². The van der Waals surface area contributed by atoms with Gasteiger partial charge in [0.15, 0.2) is 6.10 Å². The van der Waals surface area contributed by atoms with E-state index >= 15 is 0 Å². The summed E-state index contributed by atoms with van der Waals surface area (Å²) in [5.74, 6) is -1.80. The SMILES string of the molecule is CC/C=C/C/C=C/C/C=C/C/C=C/C/C=C/C/C=C/CCCCCC(=O)OCC(COCCC(C(=O)[O-])[N+](C)(C)C)OC(=O)CCCCCCCCCCC/C=C/C/C=C/C/C=C/CC. The largest absolute Gasteiger partial charge is 0.544 e.